The summed E-state index contributed by atoms with van der Waals surface area (Å²) in [6, 6.07) is 28.6. The van der Waals surface area contributed by atoms with Crippen LogP contribution in [0.5, 0.6) is 5.75 Å². The molecule has 0 aliphatic carbocycles. The Morgan fingerprint density at radius 1 is 0.821 bits per heavy atom. The van der Waals surface area contributed by atoms with Gasteiger partial charge in [-0.3, -0.25) is 14.6 Å². The first kappa shape index (κ1) is 26.7. The van der Waals surface area contributed by atoms with E-state index in [0.717, 1.165) is 36.5 Å². The number of hydrogen-bond acceptors (Lipinski definition) is 5. The van der Waals surface area contributed by atoms with Gasteiger partial charge in [-0.1, -0.05) is 54.6 Å². The summed E-state index contributed by atoms with van der Waals surface area (Å²) >= 11 is 0. The van der Waals surface area contributed by atoms with Crippen LogP contribution in [-0.2, 0) is 26.2 Å². The van der Waals surface area contributed by atoms with Gasteiger partial charge in [0.1, 0.15) is 17.3 Å². The third kappa shape index (κ3) is 7.34. The number of benzene rings is 3. The van der Waals surface area contributed by atoms with Crippen molar-refractivity contribution in [2.45, 2.75) is 26.2 Å². The van der Waals surface area contributed by atoms with Crippen LogP contribution in [0.1, 0.15) is 33.0 Å². The third-order valence-corrected chi connectivity index (χ3v) is 7.02. The second kappa shape index (κ2) is 12.7. The number of methoxy groups -OCH3 is 1. The summed E-state index contributed by atoms with van der Waals surface area (Å²) in [6.07, 6.45) is 0. The van der Waals surface area contributed by atoms with Gasteiger partial charge in [0.05, 0.1) is 13.7 Å². The molecule has 1 fully saturated rings. The summed E-state index contributed by atoms with van der Waals surface area (Å²) in [6.45, 7) is 5.56. The molecule has 0 unspecified atom stereocenters. The summed E-state index contributed by atoms with van der Waals surface area (Å²) in [5.41, 5.74) is 3.26. The fourth-order valence-corrected chi connectivity index (χ4v) is 4.96. The van der Waals surface area contributed by atoms with Crippen LogP contribution in [0.4, 0.5) is 4.39 Å². The summed E-state index contributed by atoms with van der Waals surface area (Å²) in [5, 5.41) is 0. The minimum absolute atomic E-state index is 0.0764. The quantitative estimate of drug-likeness (QED) is 0.269. The first-order chi connectivity index (χ1) is 19.1. The smallest absolute Gasteiger partial charge is 0.289 e. The van der Waals surface area contributed by atoms with E-state index in [0.29, 0.717) is 44.2 Å². The molecule has 0 radical (unpaired) electrons. The van der Waals surface area contributed by atoms with E-state index in [-0.39, 0.29) is 11.7 Å². The summed E-state index contributed by atoms with van der Waals surface area (Å²) < 4.78 is 25.2. The van der Waals surface area contributed by atoms with Gasteiger partial charge in [0, 0.05) is 45.8 Å². The fourth-order valence-electron chi connectivity index (χ4n) is 4.96. The molecule has 1 aliphatic heterocycles. The van der Waals surface area contributed by atoms with Gasteiger partial charge in [-0.05, 0) is 53.1 Å². The molecule has 4 aromatic rings. The van der Waals surface area contributed by atoms with Gasteiger partial charge in [-0.25, -0.2) is 4.39 Å². The SMILES string of the molecule is COc1ccc(CN(Cc2cccc(F)c2)Cc2ccc(C(=O)N3CCN(Cc4ccccc4)CC3)o2)cc1. The molecule has 6 nitrogen and oxygen atoms in total. The number of amides is 1. The molecule has 0 spiro atoms. The van der Waals surface area contributed by atoms with Crippen molar-refractivity contribution in [3.05, 3.63) is 125 Å². The predicted octanol–water partition coefficient (Wildman–Crippen LogP) is 5.59. The van der Waals surface area contributed by atoms with Crippen molar-refractivity contribution >= 4 is 5.91 Å². The van der Waals surface area contributed by atoms with Gasteiger partial charge in [0.25, 0.3) is 5.91 Å². The van der Waals surface area contributed by atoms with Crippen molar-refractivity contribution in [1.29, 1.82) is 0 Å². The molecule has 1 aliphatic rings. The zero-order valence-corrected chi connectivity index (χ0v) is 22.3. The highest BCUT2D eigenvalue weighted by molar-refractivity contribution is 5.91. The van der Waals surface area contributed by atoms with E-state index in [1.165, 1.54) is 11.6 Å². The number of carbonyl (C=O) groups excluding carboxylic acids is 1. The molecule has 1 aromatic heterocycles. The monoisotopic (exact) mass is 527 g/mol. The molecule has 202 valence electrons. The van der Waals surface area contributed by atoms with Gasteiger partial charge in [-0.2, -0.15) is 0 Å². The lowest BCUT2D eigenvalue weighted by Gasteiger charge is -2.34. The van der Waals surface area contributed by atoms with Gasteiger partial charge in [-0.15, -0.1) is 0 Å². The molecule has 39 heavy (non-hydrogen) atoms. The number of piperazine rings is 1. The maximum Gasteiger partial charge on any atom is 0.289 e. The number of nitrogens with zero attached hydrogens (tertiary/aromatic N) is 3. The number of ether oxygens (including phenoxy) is 1. The highest BCUT2D eigenvalue weighted by Crippen LogP contribution is 2.20. The Labute approximate surface area is 229 Å². The van der Waals surface area contributed by atoms with Gasteiger partial charge in [0.15, 0.2) is 5.76 Å². The van der Waals surface area contributed by atoms with E-state index < -0.39 is 0 Å². The Hall–Kier alpha value is -3.94. The average molecular weight is 528 g/mol. The maximum atomic E-state index is 13.9. The highest BCUT2D eigenvalue weighted by atomic mass is 19.1. The van der Waals surface area contributed by atoms with Crippen LogP contribution in [0.3, 0.4) is 0 Å². The van der Waals surface area contributed by atoms with Crippen molar-refractivity contribution in [1.82, 2.24) is 14.7 Å². The normalized spacial score (nSPS) is 14.1. The Balaban J connectivity index is 1.21. The molecular weight excluding hydrogens is 493 g/mol. The van der Waals surface area contributed by atoms with Crippen LogP contribution < -0.4 is 4.74 Å². The first-order valence-corrected chi connectivity index (χ1v) is 13.3. The van der Waals surface area contributed by atoms with Gasteiger partial charge >= 0.3 is 0 Å². The number of hydrogen-bond donors (Lipinski definition) is 0. The Kier molecular flexibility index (Phi) is 8.71. The molecule has 5 rings (SSSR count). The van der Waals surface area contributed by atoms with Gasteiger partial charge in [0.2, 0.25) is 0 Å². The van der Waals surface area contributed by atoms with Crippen molar-refractivity contribution in [2.24, 2.45) is 0 Å². The van der Waals surface area contributed by atoms with E-state index in [1.807, 2.05) is 47.4 Å². The number of rotatable bonds is 10. The molecular formula is C32H34FN3O3. The lowest BCUT2D eigenvalue weighted by atomic mass is 10.1. The molecule has 1 saturated heterocycles. The zero-order chi connectivity index (χ0) is 27.0. The average Bonchev–Trinajstić information content (AvgIpc) is 3.42. The van der Waals surface area contributed by atoms with Gasteiger partial charge < -0.3 is 14.1 Å². The minimum Gasteiger partial charge on any atom is -0.497 e. The lowest BCUT2D eigenvalue weighted by Crippen LogP contribution is -2.48. The van der Waals surface area contributed by atoms with Crippen LogP contribution in [0.15, 0.2) is 95.4 Å². The van der Waals surface area contributed by atoms with E-state index >= 15 is 0 Å². The molecule has 0 atom stereocenters. The second-order valence-corrected chi connectivity index (χ2v) is 9.94. The molecule has 3 aromatic carbocycles. The molecule has 2 heterocycles. The van der Waals surface area contributed by atoms with Crippen LogP contribution in [0.25, 0.3) is 0 Å². The number of halogens is 1. The molecule has 0 bridgehead atoms. The highest BCUT2D eigenvalue weighted by Gasteiger charge is 2.24. The standard InChI is InChI=1S/C32H34FN3O3/c1-38-29-12-10-26(11-13-29)22-35(23-27-8-5-9-28(33)20-27)24-30-14-15-31(39-30)32(37)36-18-16-34(17-19-36)21-25-6-3-2-4-7-25/h2-15,20H,16-19,21-24H2,1H3. The fraction of sp³-hybridized carbons (Fsp3) is 0.281. The molecule has 0 saturated carbocycles. The largest absolute Gasteiger partial charge is 0.497 e. The maximum absolute atomic E-state index is 13.9. The number of carbonyl (C=O) groups is 1. The van der Waals surface area contributed by atoms with Crippen molar-refractivity contribution in [2.75, 3.05) is 33.3 Å². The Morgan fingerprint density at radius 2 is 1.54 bits per heavy atom. The van der Waals surface area contributed by atoms with Crippen LogP contribution >= 0.6 is 0 Å². The van der Waals surface area contributed by atoms with E-state index in [9.17, 15) is 9.18 Å². The third-order valence-electron chi connectivity index (χ3n) is 7.02. The second-order valence-electron chi connectivity index (χ2n) is 9.94. The van der Waals surface area contributed by atoms with Crippen LogP contribution in [0.2, 0.25) is 0 Å². The van der Waals surface area contributed by atoms with E-state index in [2.05, 4.69) is 34.1 Å². The van der Waals surface area contributed by atoms with E-state index in [1.54, 1.807) is 25.3 Å². The topological polar surface area (TPSA) is 49.2 Å². The number of furan rings is 1. The Bertz CT molecular complexity index is 1350. The summed E-state index contributed by atoms with van der Waals surface area (Å²) in [7, 11) is 1.64. The van der Waals surface area contributed by atoms with Crippen molar-refractivity contribution < 1.29 is 18.3 Å². The van der Waals surface area contributed by atoms with E-state index in [4.69, 9.17) is 9.15 Å². The zero-order valence-electron chi connectivity index (χ0n) is 22.3. The predicted molar refractivity (Wildman–Crippen MR) is 149 cm³/mol. The molecule has 7 heteroatoms. The molecule has 1 amide bonds. The lowest BCUT2D eigenvalue weighted by molar-refractivity contribution is 0.0594. The summed E-state index contributed by atoms with van der Waals surface area (Å²) in [5.74, 6) is 1.52. The van der Waals surface area contributed by atoms with Crippen molar-refractivity contribution in [3.63, 3.8) is 0 Å². The van der Waals surface area contributed by atoms with Crippen LogP contribution in [-0.4, -0.2) is 53.9 Å². The summed E-state index contributed by atoms with van der Waals surface area (Å²) in [4.78, 5) is 19.6. The van der Waals surface area contributed by atoms with Crippen molar-refractivity contribution in [3.8, 4) is 5.75 Å². The Morgan fingerprint density at radius 3 is 2.26 bits per heavy atom. The molecule has 0 N–H and O–H groups in total. The van der Waals surface area contributed by atoms with Crippen LogP contribution in [0, 0.1) is 5.82 Å². The first-order valence-electron chi connectivity index (χ1n) is 13.3. The minimum atomic E-state index is -0.258.